The highest BCUT2D eigenvalue weighted by Gasteiger charge is 2.50. The fourth-order valence-electron chi connectivity index (χ4n) is 7.56. The summed E-state index contributed by atoms with van der Waals surface area (Å²) in [4.78, 5) is 16.8. The van der Waals surface area contributed by atoms with Crippen molar-refractivity contribution >= 4 is 34.3 Å². The van der Waals surface area contributed by atoms with Crippen LogP contribution in [0.4, 0.5) is 5.69 Å². The minimum Gasteiger partial charge on any atom is -0.361 e. The molecule has 1 N–H and O–H groups in total. The number of benzene rings is 4. The first-order valence-electron chi connectivity index (χ1n) is 18.5. The Morgan fingerprint density at radius 2 is 1.51 bits per heavy atom. The van der Waals surface area contributed by atoms with Gasteiger partial charge in [0.2, 0.25) is 0 Å². The highest BCUT2D eigenvalue weighted by molar-refractivity contribution is 6.15. The Morgan fingerprint density at radius 3 is 2.22 bits per heavy atom. The number of rotatable bonds is 2. The van der Waals surface area contributed by atoms with Gasteiger partial charge in [0.05, 0.1) is 17.2 Å². The van der Waals surface area contributed by atoms with Crippen molar-refractivity contribution in [2.24, 2.45) is 9.98 Å². The lowest BCUT2D eigenvalue weighted by Crippen LogP contribution is -2.35. The normalized spacial score (nSPS) is 19.4. The Labute approximate surface area is 306 Å². The standard InChI is InChI=1S/C36H32N4.C6H6.2C2H6.CH4/c1-24-13-15-26(16-14-24)35-38-29(25-9-4-2-5-10-25)17-18-32(39-35)40-30-23-27-19-22-37-34(27)28-11-8-21-36(33(28)30)20-7-3-6-12-31(36)40;1-2-4-6-5-3-1;2*1-2;/h2-6,8-16,19,22-23,29,37H,7,17-18,20-21H2,1H3;1-6H;2*1-2H3;1H4. The molecule has 1 aromatic heterocycles. The van der Waals surface area contributed by atoms with Crippen LogP contribution in [0.25, 0.3) is 17.0 Å². The molecular weight excluding hydrogens is 621 g/mol. The van der Waals surface area contributed by atoms with Gasteiger partial charge in [0, 0.05) is 40.2 Å². The number of amidine groups is 2. The van der Waals surface area contributed by atoms with Gasteiger partial charge in [-0.05, 0) is 61.9 Å². The molecule has 3 heterocycles. The molecule has 9 rings (SSSR count). The van der Waals surface area contributed by atoms with Crippen LogP contribution in [0.15, 0.2) is 149 Å². The second-order valence-corrected chi connectivity index (χ2v) is 12.6. The summed E-state index contributed by atoms with van der Waals surface area (Å²) >= 11 is 0. The Kier molecular flexibility index (Phi) is 12.4. The topological polar surface area (TPSA) is 43.8 Å². The number of hydrogen-bond acceptors (Lipinski definition) is 3. The Morgan fingerprint density at radius 1 is 0.824 bits per heavy atom. The van der Waals surface area contributed by atoms with E-state index in [9.17, 15) is 0 Å². The third kappa shape index (κ3) is 7.32. The second kappa shape index (κ2) is 17.1. The molecule has 4 nitrogen and oxygen atoms in total. The number of nitrogens with zero attached hydrogens (tertiary/aromatic N) is 3. The number of fused-ring (bicyclic) bond motifs is 2. The number of anilines is 1. The van der Waals surface area contributed by atoms with E-state index in [1.807, 2.05) is 64.1 Å². The third-order valence-corrected chi connectivity index (χ3v) is 9.77. The monoisotopic (exact) mass is 674 g/mol. The molecule has 2 atom stereocenters. The van der Waals surface area contributed by atoms with Crippen molar-refractivity contribution in [1.82, 2.24) is 4.98 Å². The summed E-state index contributed by atoms with van der Waals surface area (Å²) in [5.74, 6) is 1.91. The summed E-state index contributed by atoms with van der Waals surface area (Å²) in [5, 5.41) is 1.25. The van der Waals surface area contributed by atoms with Crippen molar-refractivity contribution in [2.45, 2.75) is 85.6 Å². The summed E-state index contributed by atoms with van der Waals surface area (Å²) in [6.07, 6.45) is 18.7. The van der Waals surface area contributed by atoms with Crippen LogP contribution in [-0.2, 0) is 5.41 Å². The largest absolute Gasteiger partial charge is 0.361 e. The molecule has 1 spiro atoms. The lowest BCUT2D eigenvalue weighted by molar-refractivity contribution is 0.484. The maximum atomic E-state index is 5.44. The minimum absolute atomic E-state index is 0. The van der Waals surface area contributed by atoms with Crippen LogP contribution in [0.3, 0.4) is 0 Å². The van der Waals surface area contributed by atoms with E-state index in [2.05, 4.69) is 120 Å². The zero-order valence-corrected chi connectivity index (χ0v) is 30.2. The molecule has 0 saturated heterocycles. The van der Waals surface area contributed by atoms with Crippen LogP contribution in [0, 0.1) is 6.92 Å². The van der Waals surface area contributed by atoms with Gasteiger partial charge >= 0.3 is 0 Å². The van der Waals surface area contributed by atoms with Crippen molar-refractivity contribution < 1.29 is 0 Å². The Hall–Kier alpha value is -5.22. The number of aromatic nitrogens is 1. The molecule has 4 heteroatoms. The van der Waals surface area contributed by atoms with E-state index in [4.69, 9.17) is 9.98 Å². The molecule has 0 amide bonds. The lowest BCUT2D eigenvalue weighted by Gasteiger charge is -2.34. The first kappa shape index (κ1) is 37.0. The molecule has 5 aromatic rings. The van der Waals surface area contributed by atoms with Crippen LogP contribution < -0.4 is 4.90 Å². The van der Waals surface area contributed by atoms with Gasteiger partial charge in [0.15, 0.2) is 5.84 Å². The number of nitrogens with one attached hydrogen (secondary N) is 1. The predicted octanol–water partition coefficient (Wildman–Crippen LogP) is 12.9. The van der Waals surface area contributed by atoms with Crippen molar-refractivity contribution in [3.63, 3.8) is 0 Å². The summed E-state index contributed by atoms with van der Waals surface area (Å²) in [6, 6.07) is 36.0. The number of hydrogen-bond donors (Lipinski definition) is 1. The third-order valence-electron chi connectivity index (χ3n) is 9.77. The Balaban J connectivity index is 0.000000408. The Bertz CT molecular complexity index is 2000. The average molecular weight is 675 g/mol. The molecule has 0 fully saturated rings. The van der Waals surface area contributed by atoms with Gasteiger partial charge in [0.25, 0.3) is 0 Å². The first-order chi connectivity index (χ1) is 24.7. The van der Waals surface area contributed by atoms with E-state index in [0.29, 0.717) is 0 Å². The molecule has 262 valence electrons. The van der Waals surface area contributed by atoms with Gasteiger partial charge in [-0.15, -0.1) is 0 Å². The highest BCUT2D eigenvalue weighted by Crippen LogP contribution is 2.58. The minimum atomic E-state index is -0.0446. The van der Waals surface area contributed by atoms with E-state index < -0.39 is 0 Å². The van der Waals surface area contributed by atoms with Gasteiger partial charge in [0.1, 0.15) is 5.84 Å². The molecule has 2 aliphatic heterocycles. The lowest BCUT2D eigenvalue weighted by atomic mass is 9.69. The summed E-state index contributed by atoms with van der Waals surface area (Å²) in [5.41, 5.74) is 10.2. The number of aromatic amines is 1. The maximum absolute atomic E-state index is 5.44. The molecule has 4 aromatic carbocycles. The van der Waals surface area contributed by atoms with Crippen LogP contribution in [0.2, 0.25) is 0 Å². The van der Waals surface area contributed by atoms with Crippen molar-refractivity contribution in [3.8, 4) is 0 Å². The SMILES string of the molecule is C.CC.CC.Cc1ccc(C2=NC(c3ccccc3)CCC(N3C4=CC=CCCC45CC=Cc4c5c3cc3cc[nH]c43)=N2)cc1.c1ccccc1. The number of aryl methyl sites for hydroxylation is 1. The molecule has 0 saturated carbocycles. The van der Waals surface area contributed by atoms with Crippen LogP contribution in [0.1, 0.15) is 101 Å². The van der Waals surface area contributed by atoms with E-state index in [1.54, 1.807) is 0 Å². The molecule has 4 aliphatic rings. The summed E-state index contributed by atoms with van der Waals surface area (Å²) < 4.78 is 0. The van der Waals surface area contributed by atoms with Gasteiger partial charge in [-0.2, -0.15) is 0 Å². The van der Waals surface area contributed by atoms with Crippen molar-refractivity contribution in [2.75, 3.05) is 4.90 Å². The summed E-state index contributed by atoms with van der Waals surface area (Å²) in [6.45, 7) is 10.1. The number of H-pyrrole nitrogens is 1. The zero-order chi connectivity index (χ0) is 34.9. The smallest absolute Gasteiger partial charge is 0.157 e. The number of aliphatic imine (C=N–C) groups is 2. The first-order valence-corrected chi connectivity index (χ1v) is 18.5. The van der Waals surface area contributed by atoms with E-state index in [-0.39, 0.29) is 18.9 Å². The second-order valence-electron chi connectivity index (χ2n) is 12.6. The molecule has 0 bridgehead atoms. The van der Waals surface area contributed by atoms with Crippen molar-refractivity contribution in [1.29, 1.82) is 0 Å². The average Bonchev–Trinajstić information content (AvgIpc) is 3.60. The fraction of sp³-hybridized carbons (Fsp3) is 0.277. The zero-order valence-electron chi connectivity index (χ0n) is 30.2. The van der Waals surface area contributed by atoms with Gasteiger partial charge < -0.3 is 9.88 Å². The number of allylic oxidation sites excluding steroid dienone is 5. The molecule has 2 unspecified atom stereocenters. The van der Waals surface area contributed by atoms with E-state index in [1.165, 1.54) is 44.5 Å². The van der Waals surface area contributed by atoms with Gasteiger partial charge in [-0.3, -0.25) is 4.99 Å². The van der Waals surface area contributed by atoms with E-state index in [0.717, 1.165) is 49.3 Å². The molecule has 51 heavy (non-hydrogen) atoms. The maximum Gasteiger partial charge on any atom is 0.157 e. The van der Waals surface area contributed by atoms with Crippen molar-refractivity contribution in [3.05, 3.63) is 167 Å². The molecule has 2 aliphatic carbocycles. The van der Waals surface area contributed by atoms with Crippen LogP contribution in [-0.4, -0.2) is 16.7 Å². The fourth-order valence-corrected chi connectivity index (χ4v) is 7.56. The van der Waals surface area contributed by atoms with Crippen LogP contribution >= 0.6 is 0 Å². The van der Waals surface area contributed by atoms with Crippen LogP contribution in [0.5, 0.6) is 0 Å². The summed E-state index contributed by atoms with van der Waals surface area (Å²) in [7, 11) is 0. The highest BCUT2D eigenvalue weighted by atomic mass is 15.3. The van der Waals surface area contributed by atoms with Gasteiger partial charge in [-0.25, -0.2) is 4.99 Å². The van der Waals surface area contributed by atoms with E-state index >= 15 is 0 Å². The quantitative estimate of drug-likeness (QED) is 0.199. The molecule has 0 radical (unpaired) electrons. The molecular formula is C47H54N4. The van der Waals surface area contributed by atoms with Gasteiger partial charge in [-0.1, -0.05) is 156 Å². The predicted molar refractivity (Wildman–Crippen MR) is 222 cm³/mol.